The number of nitrogens with zero attached hydrogens (tertiary/aromatic N) is 5. The molecule has 36 heavy (non-hydrogen) atoms. The number of rotatable bonds is 5. The van der Waals surface area contributed by atoms with Gasteiger partial charge in [-0.1, -0.05) is 12.5 Å². The summed E-state index contributed by atoms with van der Waals surface area (Å²) in [5.74, 6) is 2.19. The van der Waals surface area contributed by atoms with Crippen LogP contribution in [0.25, 0.3) is 11.0 Å². The Morgan fingerprint density at radius 3 is 2.56 bits per heavy atom. The number of nitrogens with one attached hydrogen (secondary N) is 1. The van der Waals surface area contributed by atoms with Crippen molar-refractivity contribution in [3.8, 4) is 0 Å². The highest BCUT2D eigenvalue weighted by molar-refractivity contribution is 6.06. The van der Waals surface area contributed by atoms with Gasteiger partial charge in [-0.15, -0.1) is 0 Å². The van der Waals surface area contributed by atoms with Crippen LogP contribution in [0.2, 0.25) is 0 Å². The third kappa shape index (κ3) is 4.21. The Bertz CT molecular complexity index is 1270. The lowest BCUT2D eigenvalue weighted by Gasteiger charge is -2.35. The van der Waals surface area contributed by atoms with E-state index in [0.717, 1.165) is 55.0 Å². The predicted molar refractivity (Wildman–Crippen MR) is 137 cm³/mol. The molecule has 1 aliphatic carbocycles. The summed E-state index contributed by atoms with van der Waals surface area (Å²) in [7, 11) is 2.00. The molecule has 3 aromatic rings. The molecular weight excluding hydrogens is 456 g/mol. The maximum Gasteiger partial charge on any atom is 0.254 e. The minimum Gasteiger partial charge on any atom is -0.368 e. The van der Waals surface area contributed by atoms with Gasteiger partial charge in [-0.3, -0.25) is 9.59 Å². The number of imidazole rings is 1. The molecule has 0 unspecified atom stereocenters. The Kier molecular flexibility index (Phi) is 6.08. The van der Waals surface area contributed by atoms with E-state index in [-0.39, 0.29) is 11.8 Å². The molecule has 2 saturated heterocycles. The van der Waals surface area contributed by atoms with E-state index in [1.807, 2.05) is 42.3 Å². The van der Waals surface area contributed by atoms with Crippen molar-refractivity contribution in [2.75, 3.05) is 43.0 Å². The molecule has 2 amide bonds. The number of ether oxygens (including phenoxy) is 1. The van der Waals surface area contributed by atoms with Crippen molar-refractivity contribution in [2.45, 2.75) is 44.1 Å². The second-order valence-electron chi connectivity index (χ2n) is 10.0. The van der Waals surface area contributed by atoms with E-state index in [1.165, 1.54) is 6.42 Å². The molecule has 188 valence electrons. The number of piperazine rings is 1. The second kappa shape index (κ2) is 9.54. The summed E-state index contributed by atoms with van der Waals surface area (Å²) in [5, 5.41) is 3.07. The Balaban J connectivity index is 1.28. The van der Waals surface area contributed by atoms with E-state index < -0.39 is 6.10 Å². The fourth-order valence-corrected chi connectivity index (χ4v) is 5.48. The number of aryl methyl sites for hydroxylation is 1. The van der Waals surface area contributed by atoms with Crippen LogP contribution in [0.3, 0.4) is 0 Å². The zero-order valence-corrected chi connectivity index (χ0v) is 20.7. The van der Waals surface area contributed by atoms with Crippen molar-refractivity contribution in [1.29, 1.82) is 0 Å². The molecule has 1 atom stereocenters. The molecule has 4 heterocycles. The number of aromatic nitrogens is 3. The molecule has 2 aromatic heterocycles. The summed E-state index contributed by atoms with van der Waals surface area (Å²) in [6.45, 7) is 3.28. The number of amides is 2. The quantitative estimate of drug-likeness (QED) is 0.592. The number of fused-ring (bicyclic) bond motifs is 1. The van der Waals surface area contributed by atoms with Crippen molar-refractivity contribution in [3.63, 3.8) is 0 Å². The second-order valence-corrected chi connectivity index (χ2v) is 10.0. The highest BCUT2D eigenvalue weighted by Gasteiger charge is 2.30. The maximum absolute atomic E-state index is 13.6. The Morgan fingerprint density at radius 2 is 1.89 bits per heavy atom. The van der Waals surface area contributed by atoms with Gasteiger partial charge in [0, 0.05) is 57.5 Å². The van der Waals surface area contributed by atoms with Gasteiger partial charge in [0.1, 0.15) is 17.7 Å². The van der Waals surface area contributed by atoms with Crippen LogP contribution in [0.1, 0.15) is 54.2 Å². The van der Waals surface area contributed by atoms with Crippen LogP contribution in [0.15, 0.2) is 36.5 Å². The van der Waals surface area contributed by atoms with Crippen molar-refractivity contribution in [2.24, 2.45) is 7.05 Å². The van der Waals surface area contributed by atoms with Crippen LogP contribution >= 0.6 is 0 Å². The molecule has 9 heteroatoms. The summed E-state index contributed by atoms with van der Waals surface area (Å²) in [6.07, 6.45) is 6.41. The van der Waals surface area contributed by atoms with Gasteiger partial charge in [-0.2, -0.15) is 0 Å². The number of carbonyl (C=O) groups is 2. The van der Waals surface area contributed by atoms with E-state index in [1.54, 1.807) is 6.20 Å². The van der Waals surface area contributed by atoms with E-state index in [4.69, 9.17) is 9.72 Å². The van der Waals surface area contributed by atoms with E-state index in [0.29, 0.717) is 43.3 Å². The van der Waals surface area contributed by atoms with Crippen LogP contribution in [-0.2, 0) is 16.6 Å². The molecule has 0 radical (unpaired) electrons. The third-order valence-corrected chi connectivity index (χ3v) is 7.74. The summed E-state index contributed by atoms with van der Waals surface area (Å²) in [6, 6.07) is 9.58. The summed E-state index contributed by atoms with van der Waals surface area (Å²) >= 11 is 0. The van der Waals surface area contributed by atoms with E-state index in [2.05, 4.69) is 19.8 Å². The van der Waals surface area contributed by atoms with Crippen LogP contribution < -0.4 is 10.2 Å². The summed E-state index contributed by atoms with van der Waals surface area (Å²) < 4.78 is 7.69. The lowest BCUT2D eigenvalue weighted by atomic mass is 9.85. The maximum atomic E-state index is 13.6. The lowest BCUT2D eigenvalue weighted by molar-refractivity contribution is -0.124. The number of benzene rings is 1. The SMILES string of the molecule is Cn1c(C2CCC2)nc2cc(C(=O)N3CCN(c4ccccn4)CC3)cc(NC(=O)[C@@H]3CCCO3)c21. The standard InChI is InChI=1S/C27H32N6O3/c1-31-24-20(29-25(31)18-6-4-7-18)16-19(17-21(24)30-26(34)22-8-5-15-36-22)27(35)33-13-11-32(12-14-33)23-9-2-3-10-28-23/h2-3,9-10,16-18,22H,4-8,11-15H2,1H3,(H,30,34)/t22-/m0/s1. The van der Waals surface area contributed by atoms with Crippen LogP contribution in [0.4, 0.5) is 11.5 Å². The fraction of sp³-hybridized carbons (Fsp3) is 0.481. The minimum absolute atomic E-state index is 0.0407. The van der Waals surface area contributed by atoms with Gasteiger partial charge in [0.05, 0.1) is 16.7 Å². The molecule has 9 nitrogen and oxygen atoms in total. The Morgan fingerprint density at radius 1 is 1.06 bits per heavy atom. The van der Waals surface area contributed by atoms with Gasteiger partial charge < -0.3 is 24.4 Å². The van der Waals surface area contributed by atoms with E-state index in [9.17, 15) is 9.59 Å². The predicted octanol–water partition coefficient (Wildman–Crippen LogP) is 3.32. The Labute approximate surface area is 210 Å². The molecule has 0 spiro atoms. The monoisotopic (exact) mass is 488 g/mol. The summed E-state index contributed by atoms with van der Waals surface area (Å²) in [5.41, 5.74) is 2.79. The Hall–Kier alpha value is -3.46. The lowest BCUT2D eigenvalue weighted by Crippen LogP contribution is -2.49. The highest BCUT2D eigenvalue weighted by Crippen LogP contribution is 2.38. The highest BCUT2D eigenvalue weighted by atomic mass is 16.5. The van der Waals surface area contributed by atoms with Crippen molar-refractivity contribution >= 4 is 34.4 Å². The molecule has 3 aliphatic rings. The average Bonchev–Trinajstić information content (AvgIpc) is 3.52. The van der Waals surface area contributed by atoms with Crippen LogP contribution in [-0.4, -0.2) is 70.1 Å². The third-order valence-electron chi connectivity index (χ3n) is 7.74. The van der Waals surface area contributed by atoms with Gasteiger partial charge >= 0.3 is 0 Å². The van der Waals surface area contributed by atoms with Crippen LogP contribution in [0, 0.1) is 0 Å². The molecule has 3 fully saturated rings. The first kappa shape index (κ1) is 23.0. The smallest absolute Gasteiger partial charge is 0.254 e. The van der Waals surface area contributed by atoms with Crippen LogP contribution in [0.5, 0.6) is 0 Å². The number of anilines is 2. The molecule has 1 aromatic carbocycles. The first-order valence-corrected chi connectivity index (χ1v) is 13.0. The zero-order chi connectivity index (χ0) is 24.6. The average molecular weight is 489 g/mol. The van der Waals surface area contributed by atoms with E-state index >= 15 is 0 Å². The van der Waals surface area contributed by atoms with Crippen molar-refractivity contribution in [3.05, 3.63) is 47.9 Å². The number of hydrogen-bond donors (Lipinski definition) is 1. The zero-order valence-electron chi connectivity index (χ0n) is 20.7. The summed E-state index contributed by atoms with van der Waals surface area (Å²) in [4.78, 5) is 40.0. The van der Waals surface area contributed by atoms with Gasteiger partial charge in [0.25, 0.3) is 11.8 Å². The largest absolute Gasteiger partial charge is 0.368 e. The molecule has 2 aliphatic heterocycles. The fourth-order valence-electron chi connectivity index (χ4n) is 5.48. The van der Waals surface area contributed by atoms with Gasteiger partial charge in [-0.05, 0) is 49.9 Å². The molecule has 1 saturated carbocycles. The molecule has 1 N–H and O–H groups in total. The first-order chi connectivity index (χ1) is 17.6. The molecular formula is C27H32N6O3. The van der Waals surface area contributed by atoms with Gasteiger partial charge in [0.15, 0.2) is 0 Å². The van der Waals surface area contributed by atoms with Gasteiger partial charge in [0.2, 0.25) is 0 Å². The number of pyridine rings is 1. The van der Waals surface area contributed by atoms with Crippen molar-refractivity contribution < 1.29 is 14.3 Å². The first-order valence-electron chi connectivity index (χ1n) is 13.0. The van der Waals surface area contributed by atoms with Gasteiger partial charge in [-0.25, -0.2) is 9.97 Å². The number of carbonyl (C=O) groups excluding carboxylic acids is 2. The molecule has 0 bridgehead atoms. The van der Waals surface area contributed by atoms with Crippen molar-refractivity contribution in [1.82, 2.24) is 19.4 Å². The molecule has 6 rings (SSSR count). The minimum atomic E-state index is -0.446. The number of hydrogen-bond acceptors (Lipinski definition) is 6. The topological polar surface area (TPSA) is 92.6 Å². The normalized spacial score (nSPS) is 20.5.